The zero-order valence-electron chi connectivity index (χ0n) is 14.8. The van der Waals surface area contributed by atoms with E-state index < -0.39 is 5.60 Å². The monoisotopic (exact) mass is 318 g/mol. The van der Waals surface area contributed by atoms with Gasteiger partial charge in [-0.1, -0.05) is 30.3 Å². The Hall–Kier alpha value is -2.17. The second-order valence-corrected chi connectivity index (χ2v) is 6.94. The van der Waals surface area contributed by atoms with Crippen LogP contribution in [0, 0.1) is 0 Å². The lowest BCUT2D eigenvalue weighted by molar-refractivity contribution is -0.491. The van der Waals surface area contributed by atoms with Crippen molar-refractivity contribution in [2.24, 2.45) is 0 Å². The first-order chi connectivity index (χ1) is 10.8. The lowest BCUT2D eigenvalue weighted by Crippen LogP contribution is -2.39. The molecule has 0 fully saturated rings. The second kappa shape index (κ2) is 6.94. The summed E-state index contributed by atoms with van der Waals surface area (Å²) in [5.74, 6) is 0.979. The summed E-state index contributed by atoms with van der Waals surface area (Å²) in [5.41, 5.74) is 0.741. The first-order valence-corrected chi connectivity index (χ1v) is 7.96. The molecular weight excluding hydrogens is 290 g/mol. The number of nitrogens with zero attached hydrogens (tertiary/aromatic N) is 3. The number of likely N-dealkylation sites (N-methyl/N-ethyl adjacent to an activating group) is 2. The molecule has 1 aromatic rings. The fraction of sp³-hybridized carbons (Fsp3) is 0.500. The predicted molar refractivity (Wildman–Crippen MR) is 92.2 cm³/mol. The molecule has 5 heteroatoms. The van der Waals surface area contributed by atoms with Gasteiger partial charge in [-0.15, -0.1) is 0 Å². The van der Waals surface area contributed by atoms with Crippen molar-refractivity contribution in [3.05, 3.63) is 48.0 Å². The van der Waals surface area contributed by atoms with Gasteiger partial charge in [-0.2, -0.15) is 0 Å². The Morgan fingerprint density at radius 3 is 2.52 bits per heavy atom. The van der Waals surface area contributed by atoms with Gasteiger partial charge in [0, 0.05) is 0 Å². The Morgan fingerprint density at radius 1 is 1.35 bits per heavy atom. The molecule has 23 heavy (non-hydrogen) atoms. The lowest BCUT2D eigenvalue weighted by atomic mass is 10.2. The Balaban J connectivity index is 2.28. The van der Waals surface area contributed by atoms with Gasteiger partial charge in [0.2, 0.25) is 0 Å². The molecule has 1 heterocycles. The molecule has 1 aliphatic heterocycles. The van der Waals surface area contributed by atoms with Crippen LogP contribution in [0.4, 0.5) is 0 Å². The fourth-order valence-corrected chi connectivity index (χ4v) is 2.66. The van der Waals surface area contributed by atoms with Crippen LogP contribution >= 0.6 is 0 Å². The van der Waals surface area contributed by atoms with E-state index in [1.54, 1.807) is 6.20 Å². The van der Waals surface area contributed by atoms with Gasteiger partial charge in [-0.25, -0.2) is 4.90 Å². The quantitative estimate of drug-likeness (QED) is 0.684. The number of hydrogen-bond donors (Lipinski definition) is 1. The van der Waals surface area contributed by atoms with Crippen molar-refractivity contribution in [1.29, 1.82) is 0 Å². The van der Waals surface area contributed by atoms with Crippen molar-refractivity contribution in [2.75, 3.05) is 27.2 Å². The zero-order chi connectivity index (χ0) is 17.0. The molecule has 0 aromatic heterocycles. The summed E-state index contributed by atoms with van der Waals surface area (Å²) in [4.78, 5) is 4.22. The number of aliphatic hydroxyl groups is 1. The SMILES string of the molecule is CN1CC[N+](C)=C1N(/C=C(\O)OC(C)(C)C)Cc1ccccc1. The minimum atomic E-state index is -0.433. The highest BCUT2D eigenvalue weighted by Crippen LogP contribution is 2.15. The number of ether oxygens (including phenoxy) is 1. The number of guanidine groups is 1. The van der Waals surface area contributed by atoms with Crippen molar-refractivity contribution in [3.63, 3.8) is 0 Å². The van der Waals surface area contributed by atoms with Crippen LogP contribution in [-0.2, 0) is 11.3 Å². The maximum absolute atomic E-state index is 10.2. The highest BCUT2D eigenvalue weighted by molar-refractivity contribution is 5.77. The summed E-state index contributed by atoms with van der Waals surface area (Å²) in [7, 11) is 4.12. The van der Waals surface area contributed by atoms with E-state index in [0.29, 0.717) is 6.54 Å². The van der Waals surface area contributed by atoms with Crippen LogP contribution in [0.1, 0.15) is 26.3 Å². The van der Waals surface area contributed by atoms with Gasteiger partial charge in [-0.3, -0.25) is 9.48 Å². The number of aliphatic hydroxyl groups excluding tert-OH is 1. The molecule has 0 saturated carbocycles. The molecule has 0 aliphatic carbocycles. The van der Waals surface area contributed by atoms with Gasteiger partial charge in [0.1, 0.15) is 11.8 Å². The molecule has 1 aliphatic rings. The summed E-state index contributed by atoms with van der Waals surface area (Å²) in [6.45, 7) is 8.35. The largest absolute Gasteiger partial charge is 0.479 e. The second-order valence-electron chi connectivity index (χ2n) is 6.94. The van der Waals surface area contributed by atoms with E-state index in [4.69, 9.17) is 4.74 Å². The third kappa shape index (κ3) is 4.91. The summed E-state index contributed by atoms with van der Waals surface area (Å²) < 4.78 is 7.74. The summed E-state index contributed by atoms with van der Waals surface area (Å²) in [5, 5.41) is 10.2. The third-order valence-electron chi connectivity index (χ3n) is 3.58. The average molecular weight is 318 g/mol. The average Bonchev–Trinajstić information content (AvgIpc) is 2.76. The molecule has 2 rings (SSSR count). The van der Waals surface area contributed by atoms with Gasteiger partial charge in [0.05, 0.1) is 33.7 Å². The van der Waals surface area contributed by atoms with Crippen molar-refractivity contribution >= 4 is 5.96 Å². The van der Waals surface area contributed by atoms with E-state index >= 15 is 0 Å². The topological polar surface area (TPSA) is 39.0 Å². The van der Waals surface area contributed by atoms with Crippen LogP contribution < -0.4 is 0 Å². The molecule has 5 nitrogen and oxygen atoms in total. The van der Waals surface area contributed by atoms with Gasteiger partial charge < -0.3 is 9.84 Å². The molecule has 0 amide bonds. The molecule has 0 spiro atoms. The minimum absolute atomic E-state index is 0.0744. The van der Waals surface area contributed by atoms with Gasteiger partial charge in [-0.05, 0) is 26.3 Å². The van der Waals surface area contributed by atoms with Crippen LogP contribution in [-0.4, -0.2) is 58.2 Å². The van der Waals surface area contributed by atoms with Crippen LogP contribution in [0.2, 0.25) is 0 Å². The molecule has 0 bridgehead atoms. The standard InChI is InChI=1S/C18H27N3O2/c1-18(2,3)23-16(22)14-21(13-15-9-7-6-8-10-15)17-19(4)11-12-20(17)5/h6-10,14H,11-13H2,1-5H3/p+1/b16-14+. The molecule has 126 valence electrons. The van der Waals surface area contributed by atoms with Crippen molar-refractivity contribution < 1.29 is 14.4 Å². The normalized spacial score (nSPS) is 16.0. The smallest absolute Gasteiger partial charge is 0.355 e. The molecule has 1 N–H and O–H groups in total. The summed E-state index contributed by atoms with van der Waals surface area (Å²) in [6, 6.07) is 10.2. The van der Waals surface area contributed by atoms with E-state index in [0.717, 1.165) is 19.0 Å². The van der Waals surface area contributed by atoms with Gasteiger partial charge >= 0.3 is 11.9 Å². The maximum atomic E-state index is 10.2. The van der Waals surface area contributed by atoms with Crippen LogP contribution in [0.25, 0.3) is 0 Å². The first kappa shape index (κ1) is 17.2. The van der Waals surface area contributed by atoms with E-state index in [1.807, 2.05) is 43.9 Å². The first-order valence-electron chi connectivity index (χ1n) is 7.96. The maximum Gasteiger partial charge on any atom is 0.355 e. The van der Waals surface area contributed by atoms with Crippen molar-refractivity contribution in [1.82, 2.24) is 9.80 Å². The van der Waals surface area contributed by atoms with E-state index in [2.05, 4.69) is 35.7 Å². The van der Waals surface area contributed by atoms with Crippen LogP contribution in [0.3, 0.4) is 0 Å². The number of benzene rings is 1. The van der Waals surface area contributed by atoms with Crippen LogP contribution in [0.5, 0.6) is 0 Å². The van der Waals surface area contributed by atoms with Gasteiger partial charge in [0.25, 0.3) is 0 Å². The highest BCUT2D eigenvalue weighted by atomic mass is 16.6. The van der Waals surface area contributed by atoms with E-state index in [1.165, 1.54) is 5.56 Å². The minimum Gasteiger partial charge on any atom is -0.479 e. The van der Waals surface area contributed by atoms with Gasteiger partial charge in [0.15, 0.2) is 0 Å². The Bertz CT molecular complexity index is 588. The molecule has 0 unspecified atom stereocenters. The third-order valence-corrected chi connectivity index (χ3v) is 3.58. The fourth-order valence-electron chi connectivity index (χ4n) is 2.66. The molecule has 1 aromatic carbocycles. The van der Waals surface area contributed by atoms with Crippen molar-refractivity contribution in [3.8, 4) is 0 Å². The Morgan fingerprint density at radius 2 is 2.00 bits per heavy atom. The van der Waals surface area contributed by atoms with Crippen LogP contribution in [0.15, 0.2) is 42.5 Å². The van der Waals surface area contributed by atoms with Crippen molar-refractivity contribution in [2.45, 2.75) is 32.9 Å². The molecule has 0 atom stereocenters. The summed E-state index contributed by atoms with van der Waals surface area (Å²) >= 11 is 0. The zero-order valence-corrected chi connectivity index (χ0v) is 14.8. The molecular formula is C18H28N3O2+. The van der Waals surface area contributed by atoms with E-state index in [9.17, 15) is 5.11 Å². The number of hydrogen-bond acceptors (Lipinski definition) is 4. The lowest BCUT2D eigenvalue weighted by Gasteiger charge is -2.23. The highest BCUT2D eigenvalue weighted by Gasteiger charge is 2.31. The predicted octanol–water partition coefficient (Wildman–Crippen LogP) is 2.60. The molecule has 0 saturated heterocycles. The Kier molecular flexibility index (Phi) is 5.19. The Labute approximate surface area is 139 Å². The summed E-state index contributed by atoms with van der Waals surface area (Å²) in [6.07, 6.45) is 1.67. The van der Waals surface area contributed by atoms with E-state index in [-0.39, 0.29) is 5.95 Å². The number of rotatable bonds is 4. The molecule has 0 radical (unpaired) electrons.